The molecule has 2 rings (SSSR count). The number of carbonyl (C=O) groups is 1. The van der Waals surface area contributed by atoms with E-state index in [0.29, 0.717) is 12.3 Å². The smallest absolute Gasteiger partial charge is 0.267 e. The fourth-order valence-corrected chi connectivity index (χ4v) is 1.84. The second-order valence-electron chi connectivity index (χ2n) is 4.59. The number of nitriles is 1. The molecule has 5 nitrogen and oxygen atoms in total. The molecule has 0 unspecified atom stereocenters. The number of ether oxygens (including phenoxy) is 1. The van der Waals surface area contributed by atoms with Crippen LogP contribution in [0.3, 0.4) is 0 Å². The van der Waals surface area contributed by atoms with E-state index in [0.717, 1.165) is 11.4 Å². The SMILES string of the molecule is CCOc1ccc(N/C=C(\C#N)C(=O)Nc2ccccc2)cc1. The number of anilines is 2. The molecule has 0 fully saturated rings. The summed E-state index contributed by atoms with van der Waals surface area (Å²) in [5, 5.41) is 14.7. The first-order valence-electron chi connectivity index (χ1n) is 7.19. The van der Waals surface area contributed by atoms with Gasteiger partial charge in [0.15, 0.2) is 0 Å². The third kappa shape index (κ3) is 4.90. The molecule has 5 heteroatoms. The Morgan fingerprint density at radius 2 is 1.83 bits per heavy atom. The van der Waals surface area contributed by atoms with Crippen LogP contribution in [0.1, 0.15) is 6.92 Å². The average molecular weight is 307 g/mol. The van der Waals surface area contributed by atoms with Crippen molar-refractivity contribution in [3.8, 4) is 11.8 Å². The number of rotatable bonds is 6. The predicted molar refractivity (Wildman–Crippen MR) is 90.0 cm³/mol. The van der Waals surface area contributed by atoms with E-state index in [2.05, 4.69) is 10.6 Å². The van der Waals surface area contributed by atoms with Crippen LogP contribution >= 0.6 is 0 Å². The molecule has 0 spiro atoms. The molecular formula is C18H17N3O2. The van der Waals surface area contributed by atoms with Crippen LogP contribution in [0.4, 0.5) is 11.4 Å². The summed E-state index contributed by atoms with van der Waals surface area (Å²) in [4.78, 5) is 12.0. The zero-order valence-electron chi connectivity index (χ0n) is 12.7. The molecule has 0 bridgehead atoms. The molecule has 2 N–H and O–H groups in total. The van der Waals surface area contributed by atoms with Gasteiger partial charge >= 0.3 is 0 Å². The van der Waals surface area contributed by atoms with Crippen LogP contribution in [-0.4, -0.2) is 12.5 Å². The van der Waals surface area contributed by atoms with E-state index in [1.165, 1.54) is 6.20 Å². The Labute approximate surface area is 135 Å². The third-order valence-corrected chi connectivity index (χ3v) is 2.95. The highest BCUT2D eigenvalue weighted by molar-refractivity contribution is 6.06. The van der Waals surface area contributed by atoms with E-state index in [1.54, 1.807) is 12.1 Å². The second-order valence-corrected chi connectivity index (χ2v) is 4.59. The van der Waals surface area contributed by atoms with Crippen molar-refractivity contribution in [1.29, 1.82) is 5.26 Å². The Morgan fingerprint density at radius 3 is 2.43 bits per heavy atom. The van der Waals surface area contributed by atoms with Gasteiger partial charge in [0.1, 0.15) is 17.4 Å². The Bertz CT molecular complexity index is 716. The van der Waals surface area contributed by atoms with Crippen LogP contribution in [0.2, 0.25) is 0 Å². The largest absolute Gasteiger partial charge is 0.494 e. The number of nitrogens with zero attached hydrogens (tertiary/aromatic N) is 1. The highest BCUT2D eigenvalue weighted by Gasteiger charge is 2.08. The number of amides is 1. The molecule has 0 saturated carbocycles. The third-order valence-electron chi connectivity index (χ3n) is 2.95. The van der Waals surface area contributed by atoms with E-state index >= 15 is 0 Å². The van der Waals surface area contributed by atoms with Gasteiger partial charge in [0.05, 0.1) is 6.61 Å². The minimum atomic E-state index is -0.461. The van der Waals surface area contributed by atoms with Crippen molar-refractivity contribution < 1.29 is 9.53 Å². The Kier molecular flexibility index (Phi) is 5.78. The van der Waals surface area contributed by atoms with Gasteiger partial charge in [-0.05, 0) is 43.3 Å². The van der Waals surface area contributed by atoms with Crippen molar-refractivity contribution in [1.82, 2.24) is 0 Å². The minimum absolute atomic E-state index is 0.0114. The highest BCUT2D eigenvalue weighted by atomic mass is 16.5. The van der Waals surface area contributed by atoms with Gasteiger partial charge in [-0.1, -0.05) is 18.2 Å². The molecule has 0 aliphatic heterocycles. The summed E-state index contributed by atoms with van der Waals surface area (Å²) < 4.78 is 5.35. The molecule has 0 saturated heterocycles. The topological polar surface area (TPSA) is 74.1 Å². The molecule has 0 aromatic heterocycles. The standard InChI is InChI=1S/C18H17N3O2/c1-2-23-17-10-8-15(9-11-17)20-13-14(12-19)18(22)21-16-6-4-3-5-7-16/h3-11,13,20H,2H2,1H3,(H,21,22)/b14-13+. The van der Waals surface area contributed by atoms with Crippen LogP contribution in [0.15, 0.2) is 66.4 Å². The zero-order valence-corrected chi connectivity index (χ0v) is 12.7. The van der Waals surface area contributed by atoms with Crippen LogP contribution < -0.4 is 15.4 Å². The van der Waals surface area contributed by atoms with Gasteiger partial charge in [-0.15, -0.1) is 0 Å². The number of nitrogens with one attached hydrogen (secondary N) is 2. The van der Waals surface area contributed by atoms with Gasteiger partial charge in [-0.25, -0.2) is 0 Å². The lowest BCUT2D eigenvalue weighted by molar-refractivity contribution is -0.112. The van der Waals surface area contributed by atoms with Crippen LogP contribution in [-0.2, 0) is 4.79 Å². The quantitative estimate of drug-likeness (QED) is 0.632. The van der Waals surface area contributed by atoms with Crippen molar-refractivity contribution in [3.63, 3.8) is 0 Å². The summed E-state index contributed by atoms with van der Waals surface area (Å²) >= 11 is 0. The van der Waals surface area contributed by atoms with E-state index in [1.807, 2.05) is 55.5 Å². The van der Waals surface area contributed by atoms with E-state index in [4.69, 9.17) is 10.00 Å². The first-order chi connectivity index (χ1) is 11.2. The maximum Gasteiger partial charge on any atom is 0.267 e. The molecule has 0 atom stereocenters. The molecular weight excluding hydrogens is 290 g/mol. The van der Waals surface area contributed by atoms with Crippen LogP contribution in [0.25, 0.3) is 0 Å². The maximum atomic E-state index is 12.0. The fourth-order valence-electron chi connectivity index (χ4n) is 1.84. The highest BCUT2D eigenvalue weighted by Crippen LogP contribution is 2.16. The summed E-state index contributed by atoms with van der Waals surface area (Å²) in [6.45, 7) is 2.52. The molecule has 23 heavy (non-hydrogen) atoms. The Balaban J connectivity index is 2.01. The fraction of sp³-hybridized carbons (Fsp3) is 0.111. The number of benzene rings is 2. The second kappa shape index (κ2) is 8.25. The van der Waals surface area contributed by atoms with Crippen LogP contribution in [0, 0.1) is 11.3 Å². The van der Waals surface area contributed by atoms with Gasteiger partial charge < -0.3 is 15.4 Å². The van der Waals surface area contributed by atoms with Crippen molar-refractivity contribution in [2.75, 3.05) is 17.2 Å². The number of hydrogen-bond acceptors (Lipinski definition) is 4. The number of para-hydroxylation sites is 1. The summed E-state index contributed by atoms with van der Waals surface area (Å²) in [5.74, 6) is 0.307. The lowest BCUT2D eigenvalue weighted by Crippen LogP contribution is -2.14. The van der Waals surface area contributed by atoms with Crippen molar-refractivity contribution in [3.05, 3.63) is 66.4 Å². The molecule has 116 valence electrons. The first-order valence-corrected chi connectivity index (χ1v) is 7.19. The van der Waals surface area contributed by atoms with Crippen molar-refractivity contribution >= 4 is 17.3 Å². The van der Waals surface area contributed by atoms with E-state index in [9.17, 15) is 4.79 Å². The lowest BCUT2D eigenvalue weighted by Gasteiger charge is -2.06. The summed E-state index contributed by atoms with van der Waals surface area (Å²) in [5.41, 5.74) is 1.39. The van der Waals surface area contributed by atoms with Gasteiger partial charge in [0.2, 0.25) is 0 Å². The summed E-state index contributed by atoms with van der Waals surface area (Å²) in [6.07, 6.45) is 1.38. The Morgan fingerprint density at radius 1 is 1.13 bits per heavy atom. The maximum absolute atomic E-state index is 12.0. The summed E-state index contributed by atoms with van der Waals surface area (Å²) in [6, 6.07) is 18.1. The van der Waals surface area contributed by atoms with Gasteiger partial charge in [-0.3, -0.25) is 4.79 Å². The molecule has 1 amide bonds. The number of hydrogen-bond donors (Lipinski definition) is 2. The molecule has 0 aliphatic rings. The summed E-state index contributed by atoms with van der Waals surface area (Å²) in [7, 11) is 0. The van der Waals surface area contributed by atoms with E-state index < -0.39 is 5.91 Å². The van der Waals surface area contributed by atoms with Gasteiger partial charge in [0.25, 0.3) is 5.91 Å². The van der Waals surface area contributed by atoms with E-state index in [-0.39, 0.29) is 5.57 Å². The molecule has 2 aromatic rings. The molecule has 2 aromatic carbocycles. The first kappa shape index (κ1) is 16.1. The number of carbonyl (C=O) groups excluding carboxylic acids is 1. The molecule has 0 radical (unpaired) electrons. The minimum Gasteiger partial charge on any atom is -0.494 e. The molecule has 0 aliphatic carbocycles. The van der Waals surface area contributed by atoms with Crippen LogP contribution in [0.5, 0.6) is 5.75 Å². The monoisotopic (exact) mass is 307 g/mol. The Hall–Kier alpha value is -3.26. The zero-order chi connectivity index (χ0) is 16.5. The predicted octanol–water partition coefficient (Wildman–Crippen LogP) is 3.54. The molecule has 0 heterocycles. The van der Waals surface area contributed by atoms with Crippen molar-refractivity contribution in [2.24, 2.45) is 0 Å². The normalized spacial score (nSPS) is 10.5. The van der Waals surface area contributed by atoms with Crippen molar-refractivity contribution in [2.45, 2.75) is 6.92 Å². The lowest BCUT2D eigenvalue weighted by atomic mass is 10.2. The average Bonchev–Trinajstić information content (AvgIpc) is 2.58. The van der Waals surface area contributed by atoms with Gasteiger partial charge in [-0.2, -0.15) is 5.26 Å². The van der Waals surface area contributed by atoms with Gasteiger partial charge in [0, 0.05) is 17.6 Å².